The first kappa shape index (κ1) is 22.6. The number of benzene rings is 1. The lowest BCUT2D eigenvalue weighted by molar-refractivity contribution is -0.164. The van der Waals surface area contributed by atoms with Crippen molar-refractivity contribution in [3.05, 3.63) is 35.9 Å². The van der Waals surface area contributed by atoms with Gasteiger partial charge in [-0.1, -0.05) is 33.4 Å². The number of rotatable bonds is 8. The molecule has 6 atom stereocenters. The fourth-order valence-electron chi connectivity index (χ4n) is 5.02. The Labute approximate surface area is 178 Å². The van der Waals surface area contributed by atoms with Gasteiger partial charge in [0, 0.05) is 17.0 Å². The minimum Gasteiger partial charge on any atom is -0.493 e. The fraction of sp³-hybridized carbons (Fsp3) is 0.609. The van der Waals surface area contributed by atoms with E-state index in [1.165, 1.54) is 11.6 Å². The van der Waals surface area contributed by atoms with Gasteiger partial charge in [-0.15, -0.1) is 0 Å². The maximum Gasteiger partial charge on any atom is 0.338 e. The zero-order valence-corrected chi connectivity index (χ0v) is 18.4. The summed E-state index contributed by atoms with van der Waals surface area (Å²) >= 11 is 0. The van der Waals surface area contributed by atoms with E-state index in [0.29, 0.717) is 11.5 Å². The lowest BCUT2D eigenvalue weighted by Crippen LogP contribution is -2.57. The molecule has 2 aliphatic rings. The summed E-state index contributed by atoms with van der Waals surface area (Å²) in [6.07, 6.45) is -0.530. The highest BCUT2D eigenvalue weighted by atomic mass is 16.6. The number of likely N-dealkylation sites (N-methyl/N-ethyl adjacent to an activating group) is 1. The molecule has 6 unspecified atom stereocenters. The zero-order valence-electron chi connectivity index (χ0n) is 18.4. The largest absolute Gasteiger partial charge is 0.493 e. The number of ether oxygens (including phenoxy) is 3. The number of aliphatic hydroxyl groups excluding tert-OH is 2. The minimum atomic E-state index is -1.60. The first-order chi connectivity index (χ1) is 14.2. The lowest BCUT2D eigenvalue weighted by Gasteiger charge is -2.48. The van der Waals surface area contributed by atoms with Crippen LogP contribution in [0, 0.1) is 5.92 Å². The predicted molar refractivity (Wildman–Crippen MR) is 113 cm³/mol. The van der Waals surface area contributed by atoms with E-state index in [4.69, 9.17) is 19.3 Å². The molecule has 0 amide bonds. The summed E-state index contributed by atoms with van der Waals surface area (Å²) < 4.78 is 17.5. The molecule has 0 saturated carbocycles. The van der Waals surface area contributed by atoms with E-state index in [0.717, 1.165) is 18.5 Å². The monoisotopic (exact) mass is 419 g/mol. The van der Waals surface area contributed by atoms with Gasteiger partial charge < -0.3 is 29.3 Å². The van der Waals surface area contributed by atoms with Crippen molar-refractivity contribution in [1.29, 1.82) is 0 Å². The standard InChI is InChI=1S/C23H33NO6/c1-7-17(29-22(27)16(26)12-25)21-23(4)13(3)15(24(5)8-2)11-14-9-10-18(28-6)20(30-21)19(14)23/h7,9-10,13,15-17,21,25-26H,1,8,11-12H2,2-6H3. The van der Waals surface area contributed by atoms with Gasteiger partial charge in [-0.2, -0.15) is 0 Å². The van der Waals surface area contributed by atoms with Gasteiger partial charge in [-0.05, 0) is 43.6 Å². The summed E-state index contributed by atoms with van der Waals surface area (Å²) in [5.74, 6) is 0.597. The Hall–Kier alpha value is -2.09. The summed E-state index contributed by atoms with van der Waals surface area (Å²) in [6, 6.07) is 4.29. The molecule has 0 aromatic heterocycles. The molecule has 166 valence electrons. The van der Waals surface area contributed by atoms with Gasteiger partial charge >= 0.3 is 5.97 Å². The van der Waals surface area contributed by atoms with Gasteiger partial charge in [0.1, 0.15) is 6.10 Å². The van der Waals surface area contributed by atoms with Crippen LogP contribution < -0.4 is 9.47 Å². The van der Waals surface area contributed by atoms with E-state index in [-0.39, 0.29) is 12.0 Å². The number of methoxy groups -OCH3 is 1. The Morgan fingerprint density at radius 1 is 1.50 bits per heavy atom. The summed E-state index contributed by atoms with van der Waals surface area (Å²) in [4.78, 5) is 14.5. The first-order valence-corrected chi connectivity index (χ1v) is 10.4. The van der Waals surface area contributed by atoms with Crippen LogP contribution in [0.25, 0.3) is 0 Å². The topological polar surface area (TPSA) is 88.5 Å². The van der Waals surface area contributed by atoms with Crippen LogP contribution in [0.15, 0.2) is 24.8 Å². The highest BCUT2D eigenvalue weighted by molar-refractivity contribution is 5.75. The van der Waals surface area contributed by atoms with Crippen molar-refractivity contribution < 1.29 is 29.2 Å². The van der Waals surface area contributed by atoms with Gasteiger partial charge in [0.05, 0.1) is 13.7 Å². The molecule has 30 heavy (non-hydrogen) atoms. The molecule has 3 rings (SSSR count). The van der Waals surface area contributed by atoms with E-state index in [1.54, 1.807) is 7.11 Å². The number of hydrogen-bond acceptors (Lipinski definition) is 7. The van der Waals surface area contributed by atoms with E-state index < -0.39 is 36.3 Å². The molecule has 0 spiro atoms. The lowest BCUT2D eigenvalue weighted by atomic mass is 9.60. The van der Waals surface area contributed by atoms with E-state index in [9.17, 15) is 9.90 Å². The molecule has 0 bridgehead atoms. The number of aliphatic hydroxyl groups is 2. The van der Waals surface area contributed by atoms with Crippen LogP contribution in [0.2, 0.25) is 0 Å². The van der Waals surface area contributed by atoms with Crippen molar-refractivity contribution in [3.63, 3.8) is 0 Å². The van der Waals surface area contributed by atoms with Crippen LogP contribution in [-0.2, 0) is 21.4 Å². The molecule has 0 fully saturated rings. The molecule has 0 saturated heterocycles. The van der Waals surface area contributed by atoms with Crippen molar-refractivity contribution in [3.8, 4) is 11.5 Å². The molecular formula is C23H33NO6. The second kappa shape index (κ2) is 8.57. The maximum atomic E-state index is 12.2. The van der Waals surface area contributed by atoms with Crippen LogP contribution in [0.5, 0.6) is 11.5 Å². The van der Waals surface area contributed by atoms with Crippen LogP contribution in [-0.4, -0.2) is 72.7 Å². The summed E-state index contributed by atoms with van der Waals surface area (Å²) in [7, 11) is 3.72. The van der Waals surface area contributed by atoms with E-state index in [1.807, 2.05) is 6.07 Å². The van der Waals surface area contributed by atoms with Crippen molar-refractivity contribution in [2.24, 2.45) is 5.92 Å². The average molecular weight is 420 g/mol. The summed E-state index contributed by atoms with van der Waals surface area (Å²) in [6.45, 7) is 10.5. The molecule has 2 N–H and O–H groups in total. The molecule has 7 nitrogen and oxygen atoms in total. The Morgan fingerprint density at radius 2 is 2.20 bits per heavy atom. The first-order valence-electron chi connectivity index (χ1n) is 10.4. The van der Waals surface area contributed by atoms with Crippen LogP contribution >= 0.6 is 0 Å². The third kappa shape index (κ3) is 3.39. The molecule has 0 radical (unpaired) electrons. The Balaban J connectivity index is 2.09. The summed E-state index contributed by atoms with van der Waals surface area (Å²) in [5.41, 5.74) is 1.81. The zero-order chi connectivity index (χ0) is 22.2. The molecule has 7 heteroatoms. The number of carbonyl (C=O) groups excluding carboxylic acids is 1. The second-order valence-electron chi connectivity index (χ2n) is 8.42. The maximum absolute atomic E-state index is 12.2. The third-order valence-corrected chi connectivity index (χ3v) is 7.05. The van der Waals surface area contributed by atoms with Crippen molar-refractivity contribution in [2.45, 2.75) is 57.0 Å². The van der Waals surface area contributed by atoms with Crippen LogP contribution in [0.1, 0.15) is 31.9 Å². The second-order valence-corrected chi connectivity index (χ2v) is 8.42. The van der Waals surface area contributed by atoms with Crippen LogP contribution in [0.3, 0.4) is 0 Å². The number of nitrogens with zero attached hydrogens (tertiary/aromatic N) is 1. The molecule has 1 heterocycles. The Morgan fingerprint density at radius 3 is 2.77 bits per heavy atom. The quantitative estimate of drug-likeness (QED) is 0.490. The van der Waals surface area contributed by atoms with Gasteiger partial charge in [0.15, 0.2) is 23.7 Å². The van der Waals surface area contributed by atoms with Crippen molar-refractivity contribution in [2.75, 3.05) is 27.3 Å². The normalized spacial score (nSPS) is 29.0. The average Bonchev–Trinajstić information content (AvgIpc) is 3.08. The fourth-order valence-corrected chi connectivity index (χ4v) is 5.02. The highest BCUT2D eigenvalue weighted by Gasteiger charge is 2.58. The van der Waals surface area contributed by atoms with Crippen molar-refractivity contribution in [1.82, 2.24) is 4.90 Å². The predicted octanol–water partition coefficient (Wildman–Crippen LogP) is 1.68. The molecule has 1 aromatic carbocycles. The number of hydrogen-bond donors (Lipinski definition) is 2. The molecular weight excluding hydrogens is 386 g/mol. The van der Waals surface area contributed by atoms with Crippen molar-refractivity contribution >= 4 is 5.97 Å². The minimum absolute atomic E-state index is 0.178. The van der Waals surface area contributed by atoms with Gasteiger partial charge in [-0.25, -0.2) is 4.79 Å². The summed E-state index contributed by atoms with van der Waals surface area (Å²) in [5, 5.41) is 18.8. The molecule has 1 aromatic rings. The Kier molecular flexibility index (Phi) is 6.45. The molecule has 1 aliphatic heterocycles. The number of carbonyl (C=O) groups is 1. The van der Waals surface area contributed by atoms with E-state index >= 15 is 0 Å². The van der Waals surface area contributed by atoms with Gasteiger partial charge in [0.25, 0.3) is 0 Å². The Bertz CT molecular complexity index is 811. The van der Waals surface area contributed by atoms with E-state index in [2.05, 4.69) is 45.4 Å². The molecule has 1 aliphatic carbocycles. The van der Waals surface area contributed by atoms with Gasteiger partial charge in [0.2, 0.25) is 0 Å². The SMILES string of the molecule is C=CC(OC(=O)C(O)CO)C1Oc2c(OC)ccc3c2C1(C)C(C)C(N(C)CC)C3. The highest BCUT2D eigenvalue weighted by Crippen LogP contribution is 2.57. The third-order valence-electron chi connectivity index (χ3n) is 7.05. The smallest absolute Gasteiger partial charge is 0.338 e. The van der Waals surface area contributed by atoms with Crippen LogP contribution in [0.4, 0.5) is 0 Å². The number of esters is 1. The van der Waals surface area contributed by atoms with Gasteiger partial charge in [-0.3, -0.25) is 0 Å².